The zero-order valence-corrected chi connectivity index (χ0v) is 7.58. The van der Waals surface area contributed by atoms with E-state index in [1.807, 2.05) is 14.0 Å². The van der Waals surface area contributed by atoms with Gasteiger partial charge >= 0.3 is 0 Å². The molecule has 0 aromatic rings. The van der Waals surface area contributed by atoms with E-state index in [-0.39, 0.29) is 6.23 Å². The zero-order chi connectivity index (χ0) is 8.27. The van der Waals surface area contributed by atoms with Gasteiger partial charge in [0.1, 0.15) is 6.23 Å². The molecule has 1 aliphatic carbocycles. The van der Waals surface area contributed by atoms with Crippen molar-refractivity contribution in [3.8, 4) is 0 Å². The molecule has 0 heterocycles. The van der Waals surface area contributed by atoms with Crippen LogP contribution < -0.4 is 0 Å². The van der Waals surface area contributed by atoms with Gasteiger partial charge < -0.3 is 5.11 Å². The number of aliphatic hydroxyl groups excluding tert-OH is 1. The molecule has 0 saturated heterocycles. The van der Waals surface area contributed by atoms with Crippen LogP contribution in [0.1, 0.15) is 39.0 Å². The number of hydrogen-bond acceptors (Lipinski definition) is 2. The van der Waals surface area contributed by atoms with Crippen LogP contribution in [0, 0.1) is 0 Å². The normalized spacial score (nSPS) is 22.9. The minimum absolute atomic E-state index is 0.224. The molecule has 1 saturated carbocycles. The summed E-state index contributed by atoms with van der Waals surface area (Å²) < 4.78 is 0. The lowest BCUT2D eigenvalue weighted by Gasteiger charge is -2.28. The number of rotatable bonds is 3. The van der Waals surface area contributed by atoms with Crippen LogP contribution in [-0.2, 0) is 0 Å². The Hall–Kier alpha value is -0.0800. The quantitative estimate of drug-likeness (QED) is 0.629. The third-order valence-corrected chi connectivity index (χ3v) is 2.74. The van der Waals surface area contributed by atoms with E-state index in [9.17, 15) is 5.11 Å². The fourth-order valence-electron chi connectivity index (χ4n) is 1.84. The Labute approximate surface area is 69.2 Å². The summed E-state index contributed by atoms with van der Waals surface area (Å²) in [6.45, 7) is 2.02. The van der Waals surface area contributed by atoms with Gasteiger partial charge in [-0.25, -0.2) is 0 Å². The van der Waals surface area contributed by atoms with Crippen LogP contribution in [-0.4, -0.2) is 29.3 Å². The number of hydrogen-bond donors (Lipinski definition) is 1. The monoisotopic (exact) mass is 157 g/mol. The Kier molecular flexibility index (Phi) is 3.34. The first-order valence-electron chi connectivity index (χ1n) is 4.65. The maximum absolute atomic E-state index is 9.51. The second-order valence-corrected chi connectivity index (χ2v) is 3.49. The molecule has 0 radical (unpaired) electrons. The molecule has 2 nitrogen and oxygen atoms in total. The first-order valence-corrected chi connectivity index (χ1v) is 4.65. The molecule has 1 fully saturated rings. The molecule has 1 unspecified atom stereocenters. The summed E-state index contributed by atoms with van der Waals surface area (Å²) in [7, 11) is 2.03. The minimum Gasteiger partial charge on any atom is -0.378 e. The molecule has 1 atom stereocenters. The van der Waals surface area contributed by atoms with E-state index in [2.05, 4.69) is 4.90 Å². The maximum Gasteiger partial charge on any atom is 0.107 e. The molecule has 66 valence electrons. The molecule has 1 N–H and O–H groups in total. The van der Waals surface area contributed by atoms with Gasteiger partial charge in [-0.05, 0) is 26.3 Å². The lowest BCUT2D eigenvalue weighted by molar-refractivity contribution is -0.00662. The van der Waals surface area contributed by atoms with Crippen molar-refractivity contribution in [1.29, 1.82) is 0 Å². The van der Waals surface area contributed by atoms with Gasteiger partial charge in [-0.15, -0.1) is 0 Å². The average Bonchev–Trinajstić information content (AvgIpc) is 2.53. The smallest absolute Gasteiger partial charge is 0.107 e. The predicted molar refractivity (Wildman–Crippen MR) is 46.3 cm³/mol. The Morgan fingerprint density at radius 3 is 2.45 bits per heavy atom. The van der Waals surface area contributed by atoms with E-state index in [1.54, 1.807) is 0 Å². The second-order valence-electron chi connectivity index (χ2n) is 3.49. The highest BCUT2D eigenvalue weighted by Gasteiger charge is 2.22. The topological polar surface area (TPSA) is 23.5 Å². The van der Waals surface area contributed by atoms with Crippen molar-refractivity contribution >= 4 is 0 Å². The van der Waals surface area contributed by atoms with Crippen molar-refractivity contribution in [2.24, 2.45) is 0 Å². The maximum atomic E-state index is 9.51. The molecule has 1 rings (SSSR count). The van der Waals surface area contributed by atoms with E-state index in [4.69, 9.17) is 0 Å². The molecule has 0 aromatic carbocycles. The lowest BCUT2D eigenvalue weighted by Crippen LogP contribution is -2.38. The average molecular weight is 157 g/mol. The van der Waals surface area contributed by atoms with Crippen molar-refractivity contribution in [2.75, 3.05) is 7.05 Å². The Morgan fingerprint density at radius 2 is 2.00 bits per heavy atom. The van der Waals surface area contributed by atoms with E-state index in [1.165, 1.54) is 25.7 Å². The lowest BCUT2D eigenvalue weighted by atomic mass is 10.2. The summed E-state index contributed by atoms with van der Waals surface area (Å²) in [5.74, 6) is 0. The van der Waals surface area contributed by atoms with E-state index in [0.717, 1.165) is 6.42 Å². The zero-order valence-electron chi connectivity index (χ0n) is 7.58. The molecule has 0 aromatic heterocycles. The van der Waals surface area contributed by atoms with Crippen LogP contribution in [0.2, 0.25) is 0 Å². The highest BCUT2D eigenvalue weighted by Crippen LogP contribution is 2.23. The molecular formula is C9H19NO. The summed E-state index contributed by atoms with van der Waals surface area (Å²) in [4.78, 5) is 2.12. The third-order valence-electron chi connectivity index (χ3n) is 2.74. The second kappa shape index (κ2) is 4.07. The van der Waals surface area contributed by atoms with Crippen LogP contribution in [0.15, 0.2) is 0 Å². The molecule has 0 bridgehead atoms. The molecular weight excluding hydrogens is 138 g/mol. The van der Waals surface area contributed by atoms with Gasteiger partial charge in [0.15, 0.2) is 0 Å². The van der Waals surface area contributed by atoms with Crippen molar-refractivity contribution in [1.82, 2.24) is 4.90 Å². The molecule has 1 aliphatic rings. The van der Waals surface area contributed by atoms with Gasteiger partial charge in [0, 0.05) is 6.04 Å². The van der Waals surface area contributed by atoms with E-state index >= 15 is 0 Å². The highest BCUT2D eigenvalue weighted by molar-refractivity contribution is 4.75. The fraction of sp³-hybridized carbons (Fsp3) is 1.00. The van der Waals surface area contributed by atoms with Crippen molar-refractivity contribution in [2.45, 2.75) is 51.3 Å². The highest BCUT2D eigenvalue weighted by atomic mass is 16.3. The van der Waals surface area contributed by atoms with Gasteiger partial charge in [-0.1, -0.05) is 19.8 Å². The summed E-state index contributed by atoms with van der Waals surface area (Å²) in [5.41, 5.74) is 0. The van der Waals surface area contributed by atoms with E-state index < -0.39 is 0 Å². The Bertz CT molecular complexity index is 110. The number of nitrogens with zero attached hydrogens (tertiary/aromatic N) is 1. The van der Waals surface area contributed by atoms with Gasteiger partial charge in [0.05, 0.1) is 0 Å². The van der Waals surface area contributed by atoms with Gasteiger partial charge in [-0.3, -0.25) is 4.90 Å². The standard InChI is InChI=1S/C9H19NO/c1-3-9(11)10(2)8-6-4-5-7-8/h8-9,11H,3-7H2,1-2H3. The van der Waals surface area contributed by atoms with Gasteiger partial charge in [0.2, 0.25) is 0 Å². The van der Waals surface area contributed by atoms with Crippen LogP contribution in [0.5, 0.6) is 0 Å². The molecule has 11 heavy (non-hydrogen) atoms. The van der Waals surface area contributed by atoms with Crippen LogP contribution in [0.25, 0.3) is 0 Å². The van der Waals surface area contributed by atoms with Gasteiger partial charge in [0.25, 0.3) is 0 Å². The SMILES string of the molecule is CCC(O)N(C)C1CCCC1. The van der Waals surface area contributed by atoms with Crippen molar-refractivity contribution in [3.63, 3.8) is 0 Å². The Morgan fingerprint density at radius 1 is 1.45 bits per heavy atom. The Balaban J connectivity index is 2.32. The summed E-state index contributed by atoms with van der Waals surface area (Å²) in [5, 5.41) is 9.51. The van der Waals surface area contributed by atoms with Crippen LogP contribution in [0.4, 0.5) is 0 Å². The summed E-state index contributed by atoms with van der Waals surface area (Å²) >= 11 is 0. The predicted octanol–water partition coefficient (Wildman–Crippen LogP) is 1.59. The van der Waals surface area contributed by atoms with E-state index in [0.29, 0.717) is 6.04 Å². The van der Waals surface area contributed by atoms with Gasteiger partial charge in [-0.2, -0.15) is 0 Å². The summed E-state index contributed by atoms with van der Waals surface area (Å²) in [6, 6.07) is 0.643. The summed E-state index contributed by atoms with van der Waals surface area (Å²) in [6.07, 6.45) is 5.84. The fourth-order valence-corrected chi connectivity index (χ4v) is 1.84. The minimum atomic E-state index is -0.224. The molecule has 2 heteroatoms. The largest absolute Gasteiger partial charge is 0.378 e. The van der Waals surface area contributed by atoms with Crippen molar-refractivity contribution in [3.05, 3.63) is 0 Å². The first-order chi connectivity index (χ1) is 5.25. The molecule has 0 spiro atoms. The first kappa shape index (κ1) is 9.01. The van der Waals surface area contributed by atoms with Crippen LogP contribution in [0.3, 0.4) is 0 Å². The third kappa shape index (κ3) is 2.17. The van der Waals surface area contributed by atoms with Crippen molar-refractivity contribution < 1.29 is 5.11 Å². The molecule has 0 amide bonds. The molecule has 0 aliphatic heterocycles. The van der Waals surface area contributed by atoms with Crippen LogP contribution >= 0.6 is 0 Å². The number of aliphatic hydroxyl groups is 1.